The van der Waals surface area contributed by atoms with Crippen LogP contribution in [0.3, 0.4) is 0 Å². The number of hydrogen-bond acceptors (Lipinski definition) is 12. The molecule has 0 aliphatic heterocycles. The molecule has 4 amide bonds. The van der Waals surface area contributed by atoms with Crippen LogP contribution in [0.4, 0.5) is 0 Å². The van der Waals surface area contributed by atoms with Crippen molar-refractivity contribution in [2.75, 3.05) is 91.7 Å². The third-order valence-electron chi connectivity index (χ3n) is 17.0. The van der Waals surface area contributed by atoms with Crippen LogP contribution in [-0.4, -0.2) is 180 Å². The van der Waals surface area contributed by atoms with Crippen molar-refractivity contribution in [2.24, 2.45) is 0 Å². The van der Waals surface area contributed by atoms with E-state index in [2.05, 4.69) is 53.9 Å². The molecular weight excluding hydrogens is 1080 g/mol. The predicted molar refractivity (Wildman–Crippen MR) is 358 cm³/mol. The van der Waals surface area contributed by atoms with E-state index in [9.17, 15) is 44.7 Å². The molecule has 16 heteroatoms. The summed E-state index contributed by atoms with van der Waals surface area (Å²) in [5, 5.41) is 66.1. The molecule has 0 rings (SSSR count). The molecule has 4 atom stereocenters. The SMILES string of the molecule is CCCCCCCCCCCCNC(=O)C(O)CN(CCCN(CCCCO)CCCN(CC(O)C(=O)NCCCCCCCCCCCC)CC(O)C(=O)NCCCCCCCCCCCC)CC(O)C(=O)NCCCCCCCCCCCC. The van der Waals surface area contributed by atoms with E-state index in [0.29, 0.717) is 78.2 Å². The summed E-state index contributed by atoms with van der Waals surface area (Å²) in [6.45, 7) is 13.4. The molecule has 0 saturated heterocycles. The summed E-state index contributed by atoms with van der Waals surface area (Å²) in [5.74, 6) is -1.85. The van der Waals surface area contributed by atoms with Crippen molar-refractivity contribution in [2.45, 2.75) is 335 Å². The molecule has 0 fully saturated rings. The van der Waals surface area contributed by atoms with E-state index in [4.69, 9.17) is 0 Å². The summed E-state index contributed by atoms with van der Waals surface area (Å²) in [5.41, 5.74) is 0. The van der Waals surface area contributed by atoms with Crippen LogP contribution in [0.2, 0.25) is 0 Å². The first-order chi connectivity index (χ1) is 41.9. The van der Waals surface area contributed by atoms with Crippen LogP contribution < -0.4 is 21.3 Å². The van der Waals surface area contributed by atoms with Crippen molar-refractivity contribution < 1.29 is 44.7 Å². The number of carbonyl (C=O) groups is 4. The number of nitrogens with zero attached hydrogens (tertiary/aromatic N) is 3. The van der Waals surface area contributed by atoms with Gasteiger partial charge in [-0.1, -0.05) is 259 Å². The Bertz CT molecular complexity index is 1310. The van der Waals surface area contributed by atoms with E-state index < -0.39 is 48.0 Å². The molecule has 0 saturated carbocycles. The largest absolute Gasteiger partial charge is 0.396 e. The Kier molecular flexibility index (Phi) is 62.3. The smallest absolute Gasteiger partial charge is 0.250 e. The van der Waals surface area contributed by atoms with Crippen molar-refractivity contribution in [1.82, 2.24) is 36.0 Å². The lowest BCUT2D eigenvalue weighted by Crippen LogP contribution is -2.49. The van der Waals surface area contributed by atoms with Crippen LogP contribution in [0.5, 0.6) is 0 Å². The van der Waals surface area contributed by atoms with E-state index in [-0.39, 0.29) is 32.8 Å². The van der Waals surface area contributed by atoms with Gasteiger partial charge in [0.15, 0.2) is 0 Å². The molecule has 0 spiro atoms. The molecule has 0 heterocycles. The second-order valence-electron chi connectivity index (χ2n) is 25.5. The summed E-state index contributed by atoms with van der Waals surface area (Å²) in [7, 11) is 0. The summed E-state index contributed by atoms with van der Waals surface area (Å²) in [6, 6.07) is 0. The first kappa shape index (κ1) is 83.6. The highest BCUT2D eigenvalue weighted by Gasteiger charge is 2.26. The van der Waals surface area contributed by atoms with E-state index in [0.717, 1.165) is 83.5 Å². The zero-order chi connectivity index (χ0) is 63.2. The van der Waals surface area contributed by atoms with Gasteiger partial charge in [-0.25, -0.2) is 0 Å². The Morgan fingerprint density at radius 1 is 0.256 bits per heavy atom. The molecule has 9 N–H and O–H groups in total. The lowest BCUT2D eigenvalue weighted by atomic mass is 10.1. The average molecular weight is 1220 g/mol. The van der Waals surface area contributed by atoms with Gasteiger partial charge in [0, 0.05) is 59.0 Å². The number of hydrogen-bond donors (Lipinski definition) is 9. The van der Waals surface area contributed by atoms with E-state index in [1.165, 1.54) is 180 Å². The van der Waals surface area contributed by atoms with E-state index in [1.807, 2.05) is 0 Å². The molecule has 86 heavy (non-hydrogen) atoms. The maximum absolute atomic E-state index is 13.2. The summed E-state index contributed by atoms with van der Waals surface area (Å²) >= 11 is 0. The molecule has 0 radical (unpaired) electrons. The number of aliphatic hydroxyl groups excluding tert-OH is 5. The fourth-order valence-electron chi connectivity index (χ4n) is 11.4. The maximum Gasteiger partial charge on any atom is 0.250 e. The van der Waals surface area contributed by atoms with Crippen molar-refractivity contribution in [3.8, 4) is 0 Å². The lowest BCUT2D eigenvalue weighted by Gasteiger charge is -2.30. The summed E-state index contributed by atoms with van der Waals surface area (Å²) < 4.78 is 0. The zero-order valence-electron chi connectivity index (χ0n) is 56.5. The monoisotopic (exact) mass is 1220 g/mol. The Morgan fingerprint density at radius 3 is 0.651 bits per heavy atom. The molecular formula is C70H141N7O9. The minimum atomic E-state index is -1.35. The number of nitrogens with one attached hydrogen (secondary N) is 4. The van der Waals surface area contributed by atoms with E-state index >= 15 is 0 Å². The van der Waals surface area contributed by atoms with Gasteiger partial charge >= 0.3 is 0 Å². The molecule has 16 nitrogen and oxygen atoms in total. The predicted octanol–water partition coefficient (Wildman–Crippen LogP) is 12.0. The first-order valence-corrected chi connectivity index (χ1v) is 36.5. The molecule has 0 bridgehead atoms. The van der Waals surface area contributed by atoms with Gasteiger partial charge < -0.3 is 51.7 Å². The summed E-state index contributed by atoms with van der Waals surface area (Å²) in [4.78, 5) is 58.7. The van der Waals surface area contributed by atoms with Crippen molar-refractivity contribution >= 4 is 23.6 Å². The third-order valence-corrected chi connectivity index (χ3v) is 17.0. The van der Waals surface area contributed by atoms with Crippen LogP contribution in [0.25, 0.3) is 0 Å². The van der Waals surface area contributed by atoms with Crippen molar-refractivity contribution in [3.05, 3.63) is 0 Å². The van der Waals surface area contributed by atoms with Crippen LogP contribution >= 0.6 is 0 Å². The van der Waals surface area contributed by atoms with Crippen molar-refractivity contribution in [1.29, 1.82) is 0 Å². The number of carbonyl (C=O) groups excluding carboxylic acids is 4. The van der Waals surface area contributed by atoms with Crippen molar-refractivity contribution in [3.63, 3.8) is 0 Å². The Hall–Kier alpha value is -2.44. The minimum Gasteiger partial charge on any atom is -0.396 e. The topological polar surface area (TPSA) is 227 Å². The van der Waals surface area contributed by atoms with E-state index in [1.54, 1.807) is 9.80 Å². The van der Waals surface area contributed by atoms with Gasteiger partial charge in [-0.05, 0) is 84.1 Å². The molecule has 4 unspecified atom stereocenters. The highest BCUT2D eigenvalue weighted by molar-refractivity contribution is 5.82. The van der Waals surface area contributed by atoms with Gasteiger partial charge in [-0.15, -0.1) is 0 Å². The van der Waals surface area contributed by atoms with Gasteiger partial charge in [0.1, 0.15) is 24.4 Å². The zero-order valence-corrected chi connectivity index (χ0v) is 56.5. The van der Waals surface area contributed by atoms with Crippen LogP contribution in [0.15, 0.2) is 0 Å². The molecule has 0 aliphatic rings. The number of aliphatic hydroxyl groups is 5. The standard InChI is InChI=1S/C70H141N7O9/c1-5-9-13-17-21-25-29-33-37-41-49-71-67(83)63(79)59-76(60-64(80)68(84)72-50-42-38-34-30-26-22-18-14-10-6-2)56-47-54-75(53-45-46-58-78)55-48-57-77(61-65(81)69(85)73-51-43-39-35-31-27-23-19-15-11-7-3)62-66(82)70(86)74-52-44-40-36-32-28-24-20-16-12-8-4/h63-66,78-82H,5-62H2,1-4H3,(H,71,83)(H,72,84)(H,73,85)(H,74,86). The second-order valence-corrected chi connectivity index (χ2v) is 25.5. The maximum atomic E-state index is 13.2. The number of rotatable bonds is 68. The molecule has 0 aromatic heterocycles. The molecule has 0 aromatic rings. The Balaban J connectivity index is 5.77. The minimum absolute atomic E-state index is 0.0452. The van der Waals surface area contributed by atoms with Gasteiger partial charge in [0.05, 0.1) is 0 Å². The van der Waals surface area contributed by atoms with Crippen LogP contribution in [-0.2, 0) is 19.2 Å². The Labute approximate surface area is 528 Å². The fourth-order valence-corrected chi connectivity index (χ4v) is 11.4. The Morgan fingerprint density at radius 2 is 0.442 bits per heavy atom. The molecule has 0 aliphatic carbocycles. The van der Waals surface area contributed by atoms with Gasteiger partial charge in [-0.3, -0.25) is 29.0 Å². The lowest BCUT2D eigenvalue weighted by molar-refractivity contribution is -0.133. The third kappa shape index (κ3) is 54.5. The highest BCUT2D eigenvalue weighted by atomic mass is 16.3. The van der Waals surface area contributed by atoms with Gasteiger partial charge in [0.25, 0.3) is 0 Å². The normalized spacial score (nSPS) is 13.2. The number of unbranched alkanes of at least 4 members (excludes halogenated alkanes) is 37. The quantitative estimate of drug-likeness (QED) is 0.0259. The fraction of sp³-hybridized carbons (Fsp3) is 0.943. The van der Waals surface area contributed by atoms with Crippen LogP contribution in [0, 0.1) is 0 Å². The molecule has 0 aromatic carbocycles. The first-order valence-electron chi connectivity index (χ1n) is 36.5. The van der Waals surface area contributed by atoms with Crippen LogP contribution in [0.1, 0.15) is 310 Å². The number of amides is 4. The summed E-state index contributed by atoms with van der Waals surface area (Å²) in [6.07, 6.45) is 44.6. The highest BCUT2D eigenvalue weighted by Crippen LogP contribution is 2.15. The second kappa shape index (κ2) is 64.1. The van der Waals surface area contributed by atoms with Gasteiger partial charge in [0.2, 0.25) is 23.6 Å². The molecule has 510 valence electrons. The average Bonchev–Trinajstić information content (AvgIpc) is 3.59. The van der Waals surface area contributed by atoms with Gasteiger partial charge in [-0.2, -0.15) is 0 Å².